The van der Waals surface area contributed by atoms with Crippen molar-refractivity contribution < 1.29 is 4.79 Å². The van der Waals surface area contributed by atoms with Crippen LogP contribution in [-0.4, -0.2) is 12.1 Å². The average Bonchev–Trinajstić information content (AvgIpc) is 2.35. The SMILES string of the molecule is CCC(/C=N\NC(=O)c1ccc(Br)cc1)CC. The maximum atomic E-state index is 11.7. The number of benzene rings is 1. The van der Waals surface area contributed by atoms with Crippen molar-refractivity contribution >= 4 is 28.1 Å². The molecule has 0 atom stereocenters. The van der Waals surface area contributed by atoms with Crippen molar-refractivity contribution in [3.63, 3.8) is 0 Å². The second kappa shape index (κ2) is 7.22. The fourth-order valence-electron chi connectivity index (χ4n) is 1.37. The predicted molar refractivity (Wildman–Crippen MR) is 74.2 cm³/mol. The first-order valence-corrected chi connectivity index (χ1v) is 6.55. The minimum Gasteiger partial charge on any atom is -0.267 e. The first-order chi connectivity index (χ1) is 8.17. The maximum absolute atomic E-state index is 11.7. The first-order valence-electron chi connectivity index (χ1n) is 5.76. The van der Waals surface area contributed by atoms with Crippen LogP contribution < -0.4 is 5.43 Å². The van der Waals surface area contributed by atoms with Crippen molar-refractivity contribution in [3.8, 4) is 0 Å². The van der Waals surface area contributed by atoms with Crippen LogP contribution in [0.4, 0.5) is 0 Å². The molecule has 1 rings (SSSR count). The molecule has 92 valence electrons. The third kappa shape index (κ3) is 4.69. The normalized spacial score (nSPS) is 11.1. The van der Waals surface area contributed by atoms with Gasteiger partial charge >= 0.3 is 0 Å². The van der Waals surface area contributed by atoms with Crippen molar-refractivity contribution in [2.45, 2.75) is 26.7 Å². The topological polar surface area (TPSA) is 41.5 Å². The Morgan fingerprint density at radius 1 is 1.35 bits per heavy atom. The van der Waals surface area contributed by atoms with Gasteiger partial charge in [-0.25, -0.2) is 5.43 Å². The van der Waals surface area contributed by atoms with E-state index in [2.05, 4.69) is 40.3 Å². The van der Waals surface area contributed by atoms with E-state index in [0.717, 1.165) is 17.3 Å². The molecule has 1 amide bonds. The number of nitrogens with one attached hydrogen (secondary N) is 1. The summed E-state index contributed by atoms with van der Waals surface area (Å²) in [5.74, 6) is 0.250. The number of hydrogen-bond donors (Lipinski definition) is 1. The van der Waals surface area contributed by atoms with E-state index >= 15 is 0 Å². The molecule has 0 unspecified atom stereocenters. The van der Waals surface area contributed by atoms with E-state index in [4.69, 9.17) is 0 Å². The van der Waals surface area contributed by atoms with Crippen molar-refractivity contribution in [1.29, 1.82) is 0 Å². The van der Waals surface area contributed by atoms with Crippen LogP contribution in [-0.2, 0) is 0 Å². The molecular weight excluding hydrogens is 280 g/mol. The molecule has 0 spiro atoms. The molecular formula is C13H17BrN2O. The Kier molecular flexibility index (Phi) is 5.91. The van der Waals surface area contributed by atoms with Gasteiger partial charge in [0.15, 0.2) is 0 Å². The zero-order valence-corrected chi connectivity index (χ0v) is 11.7. The van der Waals surface area contributed by atoms with E-state index in [9.17, 15) is 4.79 Å². The lowest BCUT2D eigenvalue weighted by atomic mass is 10.1. The minimum absolute atomic E-state index is 0.181. The molecule has 4 heteroatoms. The van der Waals surface area contributed by atoms with Gasteiger partial charge in [-0.05, 0) is 43.0 Å². The number of halogens is 1. The molecule has 17 heavy (non-hydrogen) atoms. The maximum Gasteiger partial charge on any atom is 0.271 e. The van der Waals surface area contributed by atoms with Gasteiger partial charge in [0.2, 0.25) is 0 Å². The van der Waals surface area contributed by atoms with Crippen LogP contribution in [0.2, 0.25) is 0 Å². The van der Waals surface area contributed by atoms with Crippen LogP contribution in [0.15, 0.2) is 33.8 Å². The summed E-state index contributed by atoms with van der Waals surface area (Å²) in [5.41, 5.74) is 3.14. The Morgan fingerprint density at radius 2 is 1.94 bits per heavy atom. The first kappa shape index (κ1) is 13.9. The molecule has 0 fully saturated rings. The molecule has 0 heterocycles. The highest BCUT2D eigenvalue weighted by molar-refractivity contribution is 9.10. The fraction of sp³-hybridized carbons (Fsp3) is 0.385. The van der Waals surface area contributed by atoms with Crippen LogP contribution in [0.25, 0.3) is 0 Å². The molecule has 1 aromatic carbocycles. The van der Waals surface area contributed by atoms with Crippen LogP contribution in [0, 0.1) is 5.92 Å². The van der Waals surface area contributed by atoms with Crippen LogP contribution in [0.1, 0.15) is 37.0 Å². The van der Waals surface area contributed by atoms with E-state index in [1.165, 1.54) is 0 Å². The largest absolute Gasteiger partial charge is 0.271 e. The predicted octanol–water partition coefficient (Wildman–Crippen LogP) is 3.60. The summed E-state index contributed by atoms with van der Waals surface area (Å²) in [6.45, 7) is 4.22. The quantitative estimate of drug-likeness (QED) is 0.655. The summed E-state index contributed by atoms with van der Waals surface area (Å²) in [7, 11) is 0. The summed E-state index contributed by atoms with van der Waals surface area (Å²) >= 11 is 3.32. The standard InChI is InChI=1S/C13H17BrN2O/c1-3-10(4-2)9-15-16-13(17)11-5-7-12(14)8-6-11/h5-10H,3-4H2,1-2H3,(H,16,17)/b15-9-. The Morgan fingerprint density at radius 3 is 2.47 bits per heavy atom. The van der Waals surface area contributed by atoms with Crippen molar-refractivity contribution in [1.82, 2.24) is 5.43 Å². The molecule has 0 saturated heterocycles. The highest BCUT2D eigenvalue weighted by Gasteiger charge is 2.03. The van der Waals surface area contributed by atoms with E-state index in [1.807, 2.05) is 12.1 Å². The van der Waals surface area contributed by atoms with Gasteiger partial charge in [0.05, 0.1) is 0 Å². The van der Waals surface area contributed by atoms with E-state index < -0.39 is 0 Å². The molecule has 0 aliphatic carbocycles. The zero-order valence-electron chi connectivity index (χ0n) is 10.1. The summed E-state index contributed by atoms with van der Waals surface area (Å²) in [5, 5.41) is 3.98. The lowest BCUT2D eigenvalue weighted by molar-refractivity contribution is 0.0955. The van der Waals surface area contributed by atoms with Gasteiger partial charge < -0.3 is 0 Å². The highest BCUT2D eigenvalue weighted by atomic mass is 79.9. The number of carbonyl (C=O) groups excluding carboxylic acids is 1. The number of hydrogen-bond acceptors (Lipinski definition) is 2. The molecule has 1 aromatic rings. The lowest BCUT2D eigenvalue weighted by Gasteiger charge is -2.04. The van der Waals surface area contributed by atoms with Gasteiger partial charge in [0, 0.05) is 16.3 Å². The molecule has 0 aromatic heterocycles. The van der Waals surface area contributed by atoms with E-state index in [0.29, 0.717) is 11.5 Å². The number of rotatable bonds is 5. The Labute approximate surface area is 110 Å². The third-order valence-corrected chi connectivity index (χ3v) is 3.14. The summed E-state index contributed by atoms with van der Waals surface area (Å²) in [6, 6.07) is 7.18. The Balaban J connectivity index is 2.52. The Hall–Kier alpha value is -1.16. The average molecular weight is 297 g/mol. The van der Waals surface area contributed by atoms with Gasteiger partial charge in [0.1, 0.15) is 0 Å². The molecule has 0 saturated carbocycles. The van der Waals surface area contributed by atoms with Crippen molar-refractivity contribution in [2.75, 3.05) is 0 Å². The zero-order chi connectivity index (χ0) is 12.7. The summed E-state index contributed by atoms with van der Waals surface area (Å²) < 4.78 is 0.953. The molecule has 0 bridgehead atoms. The van der Waals surface area contributed by atoms with Gasteiger partial charge in [0.25, 0.3) is 5.91 Å². The van der Waals surface area contributed by atoms with Gasteiger partial charge in [-0.15, -0.1) is 0 Å². The minimum atomic E-state index is -0.181. The monoisotopic (exact) mass is 296 g/mol. The molecule has 1 N–H and O–H groups in total. The summed E-state index contributed by atoms with van der Waals surface area (Å²) in [6.07, 6.45) is 3.87. The van der Waals surface area contributed by atoms with Crippen molar-refractivity contribution in [2.24, 2.45) is 11.0 Å². The fourth-order valence-corrected chi connectivity index (χ4v) is 1.63. The number of nitrogens with zero attached hydrogens (tertiary/aromatic N) is 1. The second-order valence-corrected chi connectivity index (χ2v) is 4.72. The lowest BCUT2D eigenvalue weighted by Crippen LogP contribution is -2.18. The van der Waals surface area contributed by atoms with Crippen molar-refractivity contribution in [3.05, 3.63) is 34.3 Å². The van der Waals surface area contributed by atoms with Gasteiger partial charge in [-0.1, -0.05) is 29.8 Å². The van der Waals surface area contributed by atoms with Gasteiger partial charge in [-0.3, -0.25) is 4.79 Å². The molecule has 0 aliphatic heterocycles. The second-order valence-electron chi connectivity index (χ2n) is 3.80. The number of amides is 1. The molecule has 0 aliphatic rings. The summed E-state index contributed by atoms with van der Waals surface area (Å²) in [4.78, 5) is 11.7. The molecule has 3 nitrogen and oxygen atoms in total. The molecule has 0 radical (unpaired) electrons. The number of carbonyl (C=O) groups is 1. The van der Waals surface area contributed by atoms with Crippen LogP contribution in [0.5, 0.6) is 0 Å². The van der Waals surface area contributed by atoms with Crippen LogP contribution in [0.3, 0.4) is 0 Å². The van der Waals surface area contributed by atoms with E-state index in [1.54, 1.807) is 18.3 Å². The third-order valence-electron chi connectivity index (χ3n) is 2.61. The smallest absolute Gasteiger partial charge is 0.267 e. The Bertz CT molecular complexity index is 383. The van der Waals surface area contributed by atoms with E-state index in [-0.39, 0.29) is 5.91 Å². The van der Waals surface area contributed by atoms with Gasteiger partial charge in [-0.2, -0.15) is 5.10 Å². The van der Waals surface area contributed by atoms with Crippen LogP contribution >= 0.6 is 15.9 Å². The number of hydrazone groups is 1. The highest BCUT2D eigenvalue weighted by Crippen LogP contribution is 2.10.